The molecule has 3 aromatic rings. The average Bonchev–Trinajstić information content (AvgIpc) is 2.57. The number of terminal acetylenes is 1. The number of rotatable bonds is 3. The summed E-state index contributed by atoms with van der Waals surface area (Å²) in [6.45, 7) is 0. The van der Waals surface area contributed by atoms with Crippen LogP contribution in [0.15, 0.2) is 84.9 Å². The molecule has 0 unspecified atom stereocenters. The predicted molar refractivity (Wildman–Crippen MR) is 88.2 cm³/mol. The van der Waals surface area contributed by atoms with Gasteiger partial charge in [0, 0.05) is 11.5 Å². The van der Waals surface area contributed by atoms with E-state index < -0.39 is 0 Å². The Balaban J connectivity index is 2.15. The third-order valence-corrected chi connectivity index (χ3v) is 3.65. The van der Waals surface area contributed by atoms with Gasteiger partial charge in [0.05, 0.1) is 0 Å². The quantitative estimate of drug-likeness (QED) is 0.470. The first-order valence-electron chi connectivity index (χ1n) is 7.05. The average molecular weight is 268 g/mol. The summed E-state index contributed by atoms with van der Waals surface area (Å²) < 4.78 is 0. The molecule has 0 saturated carbocycles. The van der Waals surface area contributed by atoms with Crippen molar-refractivity contribution in [3.63, 3.8) is 0 Å². The van der Waals surface area contributed by atoms with Crippen LogP contribution in [0.5, 0.6) is 0 Å². The molecular formula is C21H16. The first-order valence-corrected chi connectivity index (χ1v) is 7.05. The van der Waals surface area contributed by atoms with Crippen LogP contribution in [0, 0.1) is 12.3 Å². The van der Waals surface area contributed by atoms with Crippen molar-refractivity contribution in [1.82, 2.24) is 0 Å². The van der Waals surface area contributed by atoms with Crippen LogP contribution in [-0.4, -0.2) is 0 Å². The fraction of sp³-hybridized carbons (Fsp3) is 0.0476. The van der Waals surface area contributed by atoms with Gasteiger partial charge in [-0.15, -0.1) is 6.42 Å². The lowest BCUT2D eigenvalue weighted by Gasteiger charge is -2.19. The lowest BCUT2D eigenvalue weighted by atomic mass is 9.85. The second-order valence-corrected chi connectivity index (χ2v) is 5.02. The van der Waals surface area contributed by atoms with E-state index in [-0.39, 0.29) is 5.92 Å². The van der Waals surface area contributed by atoms with E-state index in [2.05, 4.69) is 66.6 Å². The van der Waals surface area contributed by atoms with Gasteiger partial charge in [-0.1, -0.05) is 78.7 Å². The Bertz CT molecular complexity index is 709. The molecule has 0 aliphatic carbocycles. The summed E-state index contributed by atoms with van der Waals surface area (Å²) in [6, 6.07) is 29.3. The highest BCUT2D eigenvalue weighted by Gasteiger charge is 2.16. The third kappa shape index (κ3) is 2.88. The third-order valence-electron chi connectivity index (χ3n) is 3.65. The largest absolute Gasteiger partial charge is 0.115 e. The second kappa shape index (κ2) is 6.11. The van der Waals surface area contributed by atoms with Crippen molar-refractivity contribution in [2.24, 2.45) is 0 Å². The van der Waals surface area contributed by atoms with Crippen LogP contribution in [0.4, 0.5) is 0 Å². The molecule has 0 amide bonds. The SMILES string of the molecule is C#Cc1cccc(C(c2ccccc2)c2ccccc2)c1. The summed E-state index contributed by atoms with van der Waals surface area (Å²) in [5.41, 5.74) is 4.70. The van der Waals surface area contributed by atoms with Crippen molar-refractivity contribution in [1.29, 1.82) is 0 Å². The van der Waals surface area contributed by atoms with Crippen LogP contribution in [-0.2, 0) is 0 Å². The van der Waals surface area contributed by atoms with Gasteiger partial charge in [-0.05, 0) is 28.8 Å². The van der Waals surface area contributed by atoms with Crippen LogP contribution in [0.2, 0.25) is 0 Å². The standard InChI is InChI=1S/C21H16/c1-2-17-10-9-15-20(16-17)21(18-11-5-3-6-12-18)19-13-7-4-8-14-19/h1,3-16,21H. The highest BCUT2D eigenvalue weighted by Crippen LogP contribution is 2.31. The summed E-state index contributed by atoms with van der Waals surface area (Å²) in [5, 5.41) is 0. The van der Waals surface area contributed by atoms with Crippen molar-refractivity contribution in [3.8, 4) is 12.3 Å². The Hall–Kier alpha value is -2.78. The first kappa shape index (κ1) is 13.2. The van der Waals surface area contributed by atoms with Gasteiger partial charge in [0.15, 0.2) is 0 Å². The molecule has 0 aromatic heterocycles. The summed E-state index contributed by atoms with van der Waals surface area (Å²) in [4.78, 5) is 0. The molecular weight excluding hydrogens is 252 g/mol. The molecule has 3 aromatic carbocycles. The Labute approximate surface area is 126 Å². The molecule has 0 aliphatic rings. The van der Waals surface area contributed by atoms with Crippen LogP contribution in [0.25, 0.3) is 0 Å². The maximum Gasteiger partial charge on any atom is 0.0340 e. The van der Waals surface area contributed by atoms with Gasteiger partial charge in [0.25, 0.3) is 0 Å². The molecule has 21 heavy (non-hydrogen) atoms. The molecule has 0 N–H and O–H groups in total. The fourth-order valence-electron chi connectivity index (χ4n) is 2.68. The summed E-state index contributed by atoms with van der Waals surface area (Å²) in [7, 11) is 0. The number of hydrogen-bond acceptors (Lipinski definition) is 0. The number of benzene rings is 3. The Morgan fingerprint density at radius 2 is 1.14 bits per heavy atom. The molecule has 0 atom stereocenters. The molecule has 0 nitrogen and oxygen atoms in total. The van der Waals surface area contributed by atoms with Gasteiger partial charge in [-0.3, -0.25) is 0 Å². The molecule has 0 aliphatic heterocycles. The Kier molecular flexibility index (Phi) is 3.85. The minimum atomic E-state index is 0.209. The topological polar surface area (TPSA) is 0 Å². The van der Waals surface area contributed by atoms with Crippen molar-refractivity contribution >= 4 is 0 Å². The maximum absolute atomic E-state index is 5.55. The van der Waals surface area contributed by atoms with E-state index in [0.29, 0.717) is 0 Å². The van der Waals surface area contributed by atoms with E-state index >= 15 is 0 Å². The summed E-state index contributed by atoms with van der Waals surface area (Å²) in [6.07, 6.45) is 5.55. The zero-order valence-corrected chi connectivity index (χ0v) is 11.7. The van der Waals surface area contributed by atoms with E-state index in [4.69, 9.17) is 6.42 Å². The highest BCUT2D eigenvalue weighted by molar-refractivity contribution is 5.46. The van der Waals surface area contributed by atoms with Gasteiger partial charge in [-0.25, -0.2) is 0 Å². The van der Waals surface area contributed by atoms with E-state index in [1.54, 1.807) is 0 Å². The summed E-state index contributed by atoms with van der Waals surface area (Å²) >= 11 is 0. The van der Waals surface area contributed by atoms with Gasteiger partial charge < -0.3 is 0 Å². The lowest BCUT2D eigenvalue weighted by Crippen LogP contribution is -2.03. The van der Waals surface area contributed by atoms with E-state index in [1.165, 1.54) is 16.7 Å². The zero-order valence-electron chi connectivity index (χ0n) is 11.7. The van der Waals surface area contributed by atoms with Crippen LogP contribution >= 0.6 is 0 Å². The molecule has 0 spiro atoms. The molecule has 0 heteroatoms. The maximum atomic E-state index is 5.55. The van der Waals surface area contributed by atoms with Crippen molar-refractivity contribution in [2.45, 2.75) is 5.92 Å². The predicted octanol–water partition coefficient (Wildman–Crippen LogP) is 4.85. The smallest absolute Gasteiger partial charge is 0.0340 e. The fourth-order valence-corrected chi connectivity index (χ4v) is 2.68. The zero-order chi connectivity index (χ0) is 14.5. The van der Waals surface area contributed by atoms with Crippen molar-refractivity contribution in [2.75, 3.05) is 0 Å². The molecule has 3 rings (SSSR count). The van der Waals surface area contributed by atoms with Crippen molar-refractivity contribution < 1.29 is 0 Å². The van der Waals surface area contributed by atoms with E-state index in [1.807, 2.05) is 24.3 Å². The second-order valence-electron chi connectivity index (χ2n) is 5.02. The Morgan fingerprint density at radius 1 is 0.619 bits per heavy atom. The van der Waals surface area contributed by atoms with Gasteiger partial charge in [0.1, 0.15) is 0 Å². The first-order chi connectivity index (χ1) is 10.4. The molecule has 0 fully saturated rings. The van der Waals surface area contributed by atoms with Crippen LogP contribution in [0.1, 0.15) is 28.2 Å². The monoisotopic (exact) mass is 268 g/mol. The van der Waals surface area contributed by atoms with Gasteiger partial charge >= 0.3 is 0 Å². The molecule has 0 saturated heterocycles. The van der Waals surface area contributed by atoms with Gasteiger partial charge in [0.2, 0.25) is 0 Å². The number of hydrogen-bond donors (Lipinski definition) is 0. The van der Waals surface area contributed by atoms with Crippen LogP contribution in [0.3, 0.4) is 0 Å². The van der Waals surface area contributed by atoms with Crippen LogP contribution < -0.4 is 0 Å². The molecule has 100 valence electrons. The minimum absolute atomic E-state index is 0.209. The summed E-state index contributed by atoms with van der Waals surface area (Å²) in [5.74, 6) is 2.93. The molecule has 0 radical (unpaired) electrons. The minimum Gasteiger partial charge on any atom is -0.115 e. The normalized spacial score (nSPS) is 10.3. The Morgan fingerprint density at radius 3 is 1.67 bits per heavy atom. The molecule has 0 heterocycles. The van der Waals surface area contributed by atoms with E-state index in [0.717, 1.165) is 5.56 Å². The van der Waals surface area contributed by atoms with Crippen molar-refractivity contribution in [3.05, 3.63) is 107 Å². The molecule has 0 bridgehead atoms. The van der Waals surface area contributed by atoms with E-state index in [9.17, 15) is 0 Å². The highest BCUT2D eigenvalue weighted by atomic mass is 14.2. The van der Waals surface area contributed by atoms with Gasteiger partial charge in [-0.2, -0.15) is 0 Å². The lowest BCUT2D eigenvalue weighted by molar-refractivity contribution is 0.976.